The molecule has 1 aliphatic rings. The van der Waals surface area contributed by atoms with Crippen molar-refractivity contribution in [3.63, 3.8) is 0 Å². The van der Waals surface area contributed by atoms with E-state index in [1.165, 1.54) is 22.5 Å². The highest BCUT2D eigenvalue weighted by molar-refractivity contribution is 7.89. The van der Waals surface area contributed by atoms with Crippen LogP contribution in [0.3, 0.4) is 0 Å². The van der Waals surface area contributed by atoms with E-state index in [1.54, 1.807) is 0 Å². The van der Waals surface area contributed by atoms with E-state index in [1.807, 2.05) is 44.3 Å². The lowest BCUT2D eigenvalue weighted by atomic mass is 10.0. The van der Waals surface area contributed by atoms with Gasteiger partial charge in [-0.2, -0.15) is 4.31 Å². The molecule has 0 radical (unpaired) electrons. The molecule has 29 heavy (non-hydrogen) atoms. The molecular weight excluding hydrogens is 410 g/mol. The first-order chi connectivity index (χ1) is 13.8. The molecule has 8 heteroatoms. The van der Waals surface area contributed by atoms with Crippen molar-refractivity contribution in [1.82, 2.24) is 14.5 Å². The number of nitrogens with one attached hydrogen (secondary N) is 1. The molecule has 1 atom stereocenters. The van der Waals surface area contributed by atoms with E-state index < -0.39 is 10.0 Å². The Balaban J connectivity index is 1.84. The molecule has 0 bridgehead atoms. The number of likely N-dealkylation sites (N-methyl/N-ethyl adjacent to an activating group) is 1. The molecule has 0 aliphatic carbocycles. The largest absolute Gasteiger partial charge is 0.345 e. The first kappa shape index (κ1) is 21.8. The van der Waals surface area contributed by atoms with Crippen molar-refractivity contribution >= 4 is 27.5 Å². The second-order valence-electron chi connectivity index (χ2n) is 7.19. The lowest BCUT2D eigenvalue weighted by Crippen LogP contribution is -2.47. The van der Waals surface area contributed by atoms with Crippen molar-refractivity contribution < 1.29 is 13.2 Å². The fourth-order valence-electron chi connectivity index (χ4n) is 3.36. The van der Waals surface area contributed by atoms with E-state index in [0.717, 1.165) is 5.56 Å². The minimum Gasteiger partial charge on any atom is -0.345 e. The van der Waals surface area contributed by atoms with Crippen LogP contribution in [0.4, 0.5) is 0 Å². The van der Waals surface area contributed by atoms with Crippen LogP contribution in [0.1, 0.15) is 35.3 Å². The van der Waals surface area contributed by atoms with E-state index in [-0.39, 0.29) is 27.4 Å². The number of benzene rings is 2. The number of hydrogen-bond acceptors (Lipinski definition) is 4. The molecule has 6 nitrogen and oxygen atoms in total. The Morgan fingerprint density at radius 2 is 1.76 bits per heavy atom. The number of piperazine rings is 1. The van der Waals surface area contributed by atoms with Crippen LogP contribution in [-0.2, 0) is 10.0 Å². The third-order valence-electron chi connectivity index (χ3n) is 5.20. The van der Waals surface area contributed by atoms with Crippen molar-refractivity contribution in [2.45, 2.75) is 24.3 Å². The molecule has 0 aromatic heterocycles. The highest BCUT2D eigenvalue weighted by atomic mass is 35.5. The van der Waals surface area contributed by atoms with E-state index in [9.17, 15) is 13.2 Å². The maximum atomic E-state index is 13.0. The quantitative estimate of drug-likeness (QED) is 0.756. The van der Waals surface area contributed by atoms with Crippen molar-refractivity contribution in [1.29, 1.82) is 0 Å². The van der Waals surface area contributed by atoms with Gasteiger partial charge in [-0.25, -0.2) is 8.42 Å². The number of carbonyl (C=O) groups excluding carboxylic acids is 1. The van der Waals surface area contributed by atoms with Gasteiger partial charge in [-0.1, -0.05) is 48.9 Å². The summed E-state index contributed by atoms with van der Waals surface area (Å²) in [5, 5.41) is 3.19. The smallest absolute Gasteiger partial charge is 0.253 e. The molecule has 0 spiro atoms. The zero-order valence-electron chi connectivity index (χ0n) is 16.6. The van der Waals surface area contributed by atoms with E-state index in [2.05, 4.69) is 10.2 Å². The van der Waals surface area contributed by atoms with Gasteiger partial charge in [0.2, 0.25) is 10.0 Å². The number of amides is 1. The molecule has 1 aliphatic heterocycles. The number of carbonyl (C=O) groups is 1. The first-order valence-corrected chi connectivity index (χ1v) is 11.5. The van der Waals surface area contributed by atoms with Gasteiger partial charge < -0.3 is 10.2 Å². The number of nitrogens with zero attached hydrogens (tertiary/aromatic N) is 2. The Morgan fingerprint density at radius 1 is 1.10 bits per heavy atom. The fraction of sp³-hybridized carbons (Fsp3) is 0.381. The van der Waals surface area contributed by atoms with Gasteiger partial charge in [0, 0.05) is 26.2 Å². The summed E-state index contributed by atoms with van der Waals surface area (Å²) in [7, 11) is -1.71. The molecule has 2 aromatic rings. The molecule has 1 amide bonds. The summed E-state index contributed by atoms with van der Waals surface area (Å²) in [6.07, 6.45) is 0.701. The highest BCUT2D eigenvalue weighted by Gasteiger charge is 2.28. The van der Waals surface area contributed by atoms with Gasteiger partial charge in [-0.05, 0) is 37.2 Å². The molecule has 1 saturated heterocycles. The average molecular weight is 436 g/mol. The monoisotopic (exact) mass is 435 g/mol. The lowest BCUT2D eigenvalue weighted by molar-refractivity contribution is 0.0935. The zero-order chi connectivity index (χ0) is 21.0. The van der Waals surface area contributed by atoms with Crippen LogP contribution in [-0.4, -0.2) is 56.8 Å². The fourth-order valence-corrected chi connectivity index (χ4v) is 5.01. The van der Waals surface area contributed by atoms with Gasteiger partial charge >= 0.3 is 0 Å². The molecule has 0 unspecified atom stereocenters. The van der Waals surface area contributed by atoms with E-state index in [0.29, 0.717) is 32.6 Å². The predicted molar refractivity (Wildman–Crippen MR) is 115 cm³/mol. The SMILES string of the molecule is CC[C@H](NC(=O)c1cc(S(=O)(=O)N2CCN(C)CC2)ccc1Cl)c1ccccc1. The molecule has 0 saturated carbocycles. The molecular formula is C21H26ClN3O3S. The summed E-state index contributed by atoms with van der Waals surface area (Å²) in [5.74, 6) is -0.388. The van der Waals surface area contributed by atoms with Crippen molar-refractivity contribution in [2.24, 2.45) is 0 Å². The van der Waals surface area contributed by atoms with Gasteiger partial charge in [0.1, 0.15) is 0 Å². The summed E-state index contributed by atoms with van der Waals surface area (Å²) in [6.45, 7) is 4.18. The molecule has 1 fully saturated rings. The second-order valence-corrected chi connectivity index (χ2v) is 9.54. The van der Waals surface area contributed by atoms with E-state index in [4.69, 9.17) is 11.6 Å². The van der Waals surface area contributed by atoms with Crippen molar-refractivity contribution in [3.05, 3.63) is 64.7 Å². The Morgan fingerprint density at radius 3 is 2.38 bits per heavy atom. The highest BCUT2D eigenvalue weighted by Crippen LogP contribution is 2.25. The van der Waals surface area contributed by atoms with E-state index >= 15 is 0 Å². The predicted octanol–water partition coefficient (Wildman–Crippen LogP) is 3.16. The maximum absolute atomic E-state index is 13.0. The van der Waals surface area contributed by atoms with Crippen LogP contribution in [0.25, 0.3) is 0 Å². The lowest BCUT2D eigenvalue weighted by Gasteiger charge is -2.31. The Bertz CT molecular complexity index is 958. The molecule has 1 heterocycles. The third-order valence-corrected chi connectivity index (χ3v) is 7.42. The summed E-state index contributed by atoms with van der Waals surface area (Å²) < 4.78 is 27.5. The number of hydrogen-bond donors (Lipinski definition) is 1. The van der Waals surface area contributed by atoms with Crippen LogP contribution < -0.4 is 5.32 Å². The topological polar surface area (TPSA) is 69.7 Å². The summed E-state index contributed by atoms with van der Waals surface area (Å²) >= 11 is 6.24. The molecule has 156 valence electrons. The van der Waals surface area contributed by atoms with Gasteiger partial charge in [0.25, 0.3) is 5.91 Å². The Kier molecular flexibility index (Phi) is 6.95. The van der Waals surface area contributed by atoms with Crippen molar-refractivity contribution in [2.75, 3.05) is 33.2 Å². The summed E-state index contributed by atoms with van der Waals surface area (Å²) in [5.41, 5.74) is 1.15. The minimum atomic E-state index is -3.68. The van der Waals surface area contributed by atoms with Crippen LogP contribution >= 0.6 is 11.6 Å². The second kappa shape index (κ2) is 9.26. The van der Waals surface area contributed by atoms with Gasteiger partial charge in [-0.3, -0.25) is 4.79 Å². The molecule has 2 aromatic carbocycles. The van der Waals surface area contributed by atoms with Crippen LogP contribution in [0, 0.1) is 0 Å². The first-order valence-electron chi connectivity index (χ1n) is 9.67. The van der Waals surface area contributed by atoms with Gasteiger partial charge in [0.05, 0.1) is 21.5 Å². The van der Waals surface area contributed by atoms with Crippen LogP contribution in [0.5, 0.6) is 0 Å². The molecule has 3 rings (SSSR count). The standard InChI is InChI=1S/C21H26ClN3O3S/c1-3-20(16-7-5-4-6-8-16)23-21(26)18-15-17(9-10-19(18)22)29(27,28)25-13-11-24(2)12-14-25/h4-10,15,20H,3,11-14H2,1-2H3,(H,23,26)/t20-/m0/s1. The summed E-state index contributed by atoms with van der Waals surface area (Å²) in [4.78, 5) is 15.1. The Hall–Kier alpha value is -1.93. The number of sulfonamides is 1. The molecule has 1 N–H and O–H groups in total. The summed E-state index contributed by atoms with van der Waals surface area (Å²) in [6, 6.07) is 13.8. The maximum Gasteiger partial charge on any atom is 0.253 e. The van der Waals surface area contributed by atoms with Gasteiger partial charge in [-0.15, -0.1) is 0 Å². The van der Waals surface area contributed by atoms with Crippen LogP contribution in [0.15, 0.2) is 53.4 Å². The number of halogens is 1. The third kappa shape index (κ3) is 4.98. The Labute approximate surface area is 177 Å². The average Bonchev–Trinajstić information content (AvgIpc) is 2.73. The normalized spacial score (nSPS) is 17.1. The van der Waals surface area contributed by atoms with Gasteiger partial charge in [0.15, 0.2) is 0 Å². The van der Waals surface area contributed by atoms with Crippen LogP contribution in [0.2, 0.25) is 5.02 Å². The number of rotatable bonds is 6. The van der Waals surface area contributed by atoms with Crippen molar-refractivity contribution in [3.8, 4) is 0 Å². The zero-order valence-corrected chi connectivity index (χ0v) is 18.2. The minimum absolute atomic E-state index is 0.0874.